The number of hydrogen-bond acceptors (Lipinski definition) is 5. The average molecular weight is 737 g/mol. The fourth-order valence-corrected chi connectivity index (χ4v) is 3.58. The van der Waals surface area contributed by atoms with Gasteiger partial charge in [-0.05, 0) is 48.5 Å². The van der Waals surface area contributed by atoms with E-state index in [0.717, 1.165) is 39.4 Å². The molecule has 0 unspecified atom stereocenters. The van der Waals surface area contributed by atoms with E-state index in [2.05, 4.69) is 34.6 Å². The van der Waals surface area contributed by atoms with Crippen LogP contribution in [0.1, 0.15) is 0 Å². The number of nitrogens with zero attached hydrogens (tertiary/aromatic N) is 8. The van der Waals surface area contributed by atoms with E-state index < -0.39 is 0 Å². The van der Waals surface area contributed by atoms with E-state index in [-0.39, 0.29) is 0 Å². The SMILES string of the molecule is Cn1ccnc1-c1ccc(Cl)cc1.Cn1ccnc1-c1ccccn1.Cn1ccnc1-c1ccccn1.[Cl][Os]. The fraction of sp³-hybridized carbons (Fsp3) is 0.107. The average Bonchev–Trinajstić information content (AvgIpc) is 3.73. The maximum absolute atomic E-state index is 5.79. The second-order valence-electron chi connectivity index (χ2n) is 8.02. The van der Waals surface area contributed by atoms with Crippen molar-refractivity contribution in [3.8, 4) is 34.4 Å². The van der Waals surface area contributed by atoms with Gasteiger partial charge in [0.2, 0.25) is 0 Å². The summed E-state index contributed by atoms with van der Waals surface area (Å²) in [7, 11) is 10.5. The van der Waals surface area contributed by atoms with Crippen LogP contribution in [0.4, 0.5) is 0 Å². The van der Waals surface area contributed by atoms with Gasteiger partial charge in [0.15, 0.2) is 11.6 Å². The van der Waals surface area contributed by atoms with E-state index >= 15 is 0 Å². The van der Waals surface area contributed by atoms with Crippen molar-refractivity contribution in [2.24, 2.45) is 21.1 Å². The van der Waals surface area contributed by atoms with Gasteiger partial charge >= 0.3 is 27.2 Å². The third kappa shape index (κ3) is 8.69. The number of benzene rings is 1. The van der Waals surface area contributed by atoms with E-state index in [9.17, 15) is 0 Å². The van der Waals surface area contributed by atoms with Crippen LogP contribution in [0, 0.1) is 0 Å². The number of hydrogen-bond donors (Lipinski definition) is 0. The van der Waals surface area contributed by atoms with E-state index in [1.165, 1.54) is 17.6 Å². The number of halogens is 2. The molecule has 0 aliphatic carbocycles. The van der Waals surface area contributed by atoms with Crippen molar-refractivity contribution < 1.29 is 17.6 Å². The summed E-state index contributed by atoms with van der Waals surface area (Å²) in [4.78, 5) is 21.0. The Morgan fingerprint density at radius 3 is 1.26 bits per heavy atom. The Kier molecular flexibility index (Phi) is 12.0. The molecule has 0 saturated heterocycles. The third-order valence-corrected chi connectivity index (χ3v) is 5.61. The first kappa shape index (κ1) is 29.9. The number of imidazole rings is 3. The van der Waals surface area contributed by atoms with Gasteiger partial charge < -0.3 is 13.7 Å². The van der Waals surface area contributed by atoms with E-state index in [1.54, 1.807) is 31.0 Å². The van der Waals surface area contributed by atoms with Gasteiger partial charge in [-0.1, -0.05) is 23.7 Å². The van der Waals surface area contributed by atoms with Crippen LogP contribution in [-0.4, -0.2) is 38.6 Å². The Morgan fingerprint density at radius 2 is 0.923 bits per heavy atom. The molecule has 0 atom stereocenters. The van der Waals surface area contributed by atoms with Crippen LogP contribution in [0.5, 0.6) is 0 Å². The van der Waals surface area contributed by atoms with Crippen LogP contribution >= 0.6 is 21.2 Å². The molecule has 5 aromatic heterocycles. The first-order chi connectivity index (χ1) is 19.0. The Morgan fingerprint density at radius 1 is 0.513 bits per heavy atom. The molecule has 0 fully saturated rings. The molecule has 0 saturated carbocycles. The van der Waals surface area contributed by atoms with Crippen molar-refractivity contribution in [3.63, 3.8) is 0 Å². The minimum atomic E-state index is 0.748. The molecule has 0 N–H and O–H groups in total. The van der Waals surface area contributed by atoms with Crippen molar-refractivity contribution >= 4 is 21.2 Å². The summed E-state index contributed by atoms with van der Waals surface area (Å²) in [5, 5.41) is 0.748. The number of aromatic nitrogens is 8. The molecule has 6 rings (SSSR count). The topological polar surface area (TPSA) is 79.2 Å². The Labute approximate surface area is 247 Å². The molecule has 0 aliphatic heterocycles. The molecule has 0 amide bonds. The summed E-state index contributed by atoms with van der Waals surface area (Å²) < 4.78 is 5.87. The van der Waals surface area contributed by atoms with Crippen LogP contribution in [0.2, 0.25) is 5.02 Å². The molecule has 6 aromatic rings. The first-order valence-electron chi connectivity index (χ1n) is 11.7. The van der Waals surface area contributed by atoms with Gasteiger partial charge in [-0.3, -0.25) is 9.97 Å². The Bertz CT molecular complexity index is 1440. The van der Waals surface area contributed by atoms with Crippen LogP contribution in [0.3, 0.4) is 0 Å². The molecular weight excluding hydrogens is 710 g/mol. The summed E-state index contributed by atoms with van der Waals surface area (Å²) in [5.74, 6) is 2.75. The summed E-state index contributed by atoms with van der Waals surface area (Å²) in [5.41, 5.74) is 2.90. The van der Waals surface area contributed by atoms with Crippen LogP contribution in [0.25, 0.3) is 34.4 Å². The summed E-state index contributed by atoms with van der Waals surface area (Å²) in [6.07, 6.45) is 14.6. The van der Waals surface area contributed by atoms with Crippen molar-refractivity contribution in [2.45, 2.75) is 0 Å². The van der Waals surface area contributed by atoms with Crippen LogP contribution in [0.15, 0.2) is 110 Å². The number of pyridine rings is 2. The van der Waals surface area contributed by atoms with E-state index in [0.29, 0.717) is 0 Å². The van der Waals surface area contributed by atoms with Gasteiger partial charge in [-0.2, -0.15) is 0 Å². The standard InChI is InChI=1S/C10H9ClN2.2C9H9N3.ClH.Os/c1-13-7-6-12-10(13)8-2-4-9(11)5-3-8;2*1-12-7-6-11-9(12)8-4-2-3-5-10-8;;/h2-7H,1H3;2*2-7H,1H3;1H;/q;;;;+1/p-1. The molecule has 39 heavy (non-hydrogen) atoms. The molecule has 0 bridgehead atoms. The summed E-state index contributed by atoms with van der Waals surface area (Å²) in [6.45, 7) is 0. The molecule has 11 heteroatoms. The van der Waals surface area contributed by atoms with Crippen molar-refractivity contribution in [3.05, 3.63) is 115 Å². The summed E-state index contributed by atoms with van der Waals surface area (Å²) >= 11 is 7.12. The zero-order chi connectivity index (χ0) is 28.0. The van der Waals surface area contributed by atoms with Gasteiger partial charge in [0.05, 0.1) is 0 Å². The monoisotopic (exact) mass is 737 g/mol. The van der Waals surface area contributed by atoms with E-state index in [4.69, 9.17) is 11.6 Å². The van der Waals surface area contributed by atoms with E-state index in [1.807, 2.05) is 114 Å². The normalized spacial score (nSPS) is 9.79. The van der Waals surface area contributed by atoms with Gasteiger partial charge in [0.25, 0.3) is 0 Å². The Balaban J connectivity index is 0.000000157. The third-order valence-electron chi connectivity index (χ3n) is 5.35. The van der Waals surface area contributed by atoms with Gasteiger partial charge in [-0.25, -0.2) is 15.0 Å². The Hall–Kier alpha value is -3.63. The maximum atomic E-state index is 5.79. The van der Waals surface area contributed by atoms with Gasteiger partial charge in [0.1, 0.15) is 17.2 Å². The molecule has 8 nitrogen and oxygen atoms in total. The second-order valence-corrected chi connectivity index (χ2v) is 8.46. The molecule has 1 aromatic carbocycles. The quantitative estimate of drug-likeness (QED) is 0.211. The predicted octanol–water partition coefficient (Wildman–Crippen LogP) is 6.39. The second kappa shape index (κ2) is 15.7. The number of rotatable bonds is 3. The molecule has 201 valence electrons. The van der Waals surface area contributed by atoms with Gasteiger partial charge in [-0.15, -0.1) is 0 Å². The minimum absolute atomic E-state index is 0.748. The molecule has 0 aliphatic rings. The van der Waals surface area contributed by atoms with Crippen LogP contribution < -0.4 is 0 Å². The zero-order valence-corrected chi connectivity index (χ0v) is 25.6. The first-order valence-corrected chi connectivity index (χ1v) is 15.2. The fourth-order valence-electron chi connectivity index (χ4n) is 3.46. The molecule has 5 heterocycles. The molecular formula is C28H27Cl2N8Os. The molecule has 0 radical (unpaired) electrons. The number of aryl methyl sites for hydroxylation is 3. The zero-order valence-electron chi connectivity index (χ0n) is 21.6. The van der Waals surface area contributed by atoms with Gasteiger partial charge in [0, 0.05) is 81.3 Å². The van der Waals surface area contributed by atoms with Crippen molar-refractivity contribution in [1.29, 1.82) is 0 Å². The summed E-state index contributed by atoms with van der Waals surface area (Å²) in [6, 6.07) is 19.3. The van der Waals surface area contributed by atoms with Crippen molar-refractivity contribution in [1.82, 2.24) is 38.6 Å². The van der Waals surface area contributed by atoms with Crippen LogP contribution in [-0.2, 0) is 38.7 Å². The molecule has 0 spiro atoms. The predicted molar refractivity (Wildman–Crippen MR) is 152 cm³/mol. The van der Waals surface area contributed by atoms with Crippen molar-refractivity contribution in [2.75, 3.05) is 0 Å².